The first kappa shape index (κ1) is 15.1. The average Bonchev–Trinajstić information content (AvgIpc) is 2.43. The molecule has 0 aliphatic carbocycles. The summed E-state index contributed by atoms with van der Waals surface area (Å²) in [6.45, 7) is 4.20. The van der Waals surface area contributed by atoms with E-state index >= 15 is 0 Å². The van der Waals surface area contributed by atoms with Crippen LogP contribution in [0.25, 0.3) is 0 Å². The van der Waals surface area contributed by atoms with E-state index in [4.69, 9.17) is 9.47 Å². The first-order valence-corrected chi connectivity index (χ1v) is 6.79. The molecule has 1 aliphatic rings. The van der Waals surface area contributed by atoms with Gasteiger partial charge in [0.05, 0.1) is 18.9 Å². The molecule has 7 heteroatoms. The highest BCUT2D eigenvalue weighted by Crippen LogP contribution is 2.17. The number of H-pyrrole nitrogens is 1. The molecule has 0 bridgehead atoms. The van der Waals surface area contributed by atoms with Gasteiger partial charge in [0.1, 0.15) is 11.9 Å². The van der Waals surface area contributed by atoms with Gasteiger partial charge in [0, 0.05) is 39.4 Å². The Morgan fingerprint density at radius 2 is 2.50 bits per heavy atom. The van der Waals surface area contributed by atoms with E-state index in [2.05, 4.69) is 20.2 Å². The zero-order valence-corrected chi connectivity index (χ0v) is 12.0. The summed E-state index contributed by atoms with van der Waals surface area (Å²) < 4.78 is 10.6. The molecular weight excluding hydrogens is 260 g/mol. The molecule has 2 N–H and O–H groups in total. The summed E-state index contributed by atoms with van der Waals surface area (Å²) in [5, 5.41) is 3.18. The van der Waals surface area contributed by atoms with E-state index in [-0.39, 0.29) is 11.7 Å². The van der Waals surface area contributed by atoms with Crippen LogP contribution in [0.15, 0.2) is 10.9 Å². The van der Waals surface area contributed by atoms with Crippen molar-refractivity contribution in [3.8, 4) is 0 Å². The Morgan fingerprint density at radius 1 is 1.65 bits per heavy atom. The summed E-state index contributed by atoms with van der Waals surface area (Å²) >= 11 is 0. The normalized spacial score (nSPS) is 20.2. The molecule has 1 aliphatic heterocycles. The Bertz CT molecular complexity index is 477. The first-order valence-electron chi connectivity index (χ1n) is 6.79. The van der Waals surface area contributed by atoms with Crippen molar-refractivity contribution < 1.29 is 9.47 Å². The fourth-order valence-corrected chi connectivity index (χ4v) is 2.11. The predicted molar refractivity (Wildman–Crippen MR) is 74.6 cm³/mol. The van der Waals surface area contributed by atoms with Gasteiger partial charge in [0.25, 0.3) is 5.56 Å². The topological polar surface area (TPSA) is 79.5 Å². The van der Waals surface area contributed by atoms with Crippen LogP contribution in [0, 0.1) is 0 Å². The fraction of sp³-hybridized carbons (Fsp3) is 0.692. The fourth-order valence-electron chi connectivity index (χ4n) is 2.11. The van der Waals surface area contributed by atoms with Crippen LogP contribution in [0.2, 0.25) is 0 Å². The van der Waals surface area contributed by atoms with Crippen LogP contribution < -0.4 is 10.9 Å². The minimum absolute atomic E-state index is 0.143. The third-order valence-electron chi connectivity index (χ3n) is 3.18. The maximum Gasteiger partial charge on any atom is 0.251 e. The van der Waals surface area contributed by atoms with Gasteiger partial charge in [-0.1, -0.05) is 0 Å². The second kappa shape index (κ2) is 7.49. The van der Waals surface area contributed by atoms with E-state index in [1.54, 1.807) is 7.11 Å². The molecule has 1 fully saturated rings. The Kier molecular flexibility index (Phi) is 5.66. The smallest absolute Gasteiger partial charge is 0.251 e. The maximum atomic E-state index is 11.7. The molecule has 1 unspecified atom stereocenters. The van der Waals surface area contributed by atoms with E-state index in [1.807, 2.05) is 7.05 Å². The molecule has 0 amide bonds. The molecular formula is C13H22N4O3. The Balaban J connectivity index is 2.02. The van der Waals surface area contributed by atoms with Crippen molar-refractivity contribution in [2.45, 2.75) is 12.6 Å². The molecule has 7 nitrogen and oxygen atoms in total. The number of methoxy groups -OCH3 is 1. The summed E-state index contributed by atoms with van der Waals surface area (Å²) in [6.07, 6.45) is -0.166. The number of likely N-dealkylation sites (N-methyl/N-ethyl adjacent to an activating group) is 1. The van der Waals surface area contributed by atoms with E-state index in [1.165, 1.54) is 6.07 Å². The van der Waals surface area contributed by atoms with Crippen LogP contribution in [0.3, 0.4) is 0 Å². The average molecular weight is 282 g/mol. The van der Waals surface area contributed by atoms with Gasteiger partial charge in [-0.25, -0.2) is 4.98 Å². The lowest BCUT2D eigenvalue weighted by atomic mass is 10.2. The maximum absolute atomic E-state index is 11.7. The predicted octanol–water partition coefficient (Wildman–Crippen LogP) is -0.491. The van der Waals surface area contributed by atoms with Crippen molar-refractivity contribution in [2.75, 3.05) is 47.0 Å². The Labute approximate surface area is 118 Å². The van der Waals surface area contributed by atoms with Gasteiger partial charge < -0.3 is 24.7 Å². The first-order chi connectivity index (χ1) is 9.69. The van der Waals surface area contributed by atoms with Crippen molar-refractivity contribution in [1.29, 1.82) is 0 Å². The van der Waals surface area contributed by atoms with Crippen LogP contribution in [0.4, 0.5) is 0 Å². The SMILES string of the molecule is COCCNCc1cc(=O)[nH]c(C2CN(C)CCO2)n1. The van der Waals surface area contributed by atoms with E-state index in [9.17, 15) is 4.79 Å². The lowest BCUT2D eigenvalue weighted by Gasteiger charge is -2.29. The number of nitrogens with one attached hydrogen (secondary N) is 2. The number of hydrogen-bond acceptors (Lipinski definition) is 6. The van der Waals surface area contributed by atoms with Crippen LogP contribution in [0.1, 0.15) is 17.6 Å². The molecule has 2 rings (SSSR count). The number of aromatic nitrogens is 2. The van der Waals surface area contributed by atoms with Gasteiger partial charge in [0.2, 0.25) is 0 Å². The Morgan fingerprint density at radius 3 is 3.25 bits per heavy atom. The molecule has 0 radical (unpaired) electrons. The zero-order valence-electron chi connectivity index (χ0n) is 12.0. The zero-order chi connectivity index (χ0) is 14.4. The molecule has 1 aromatic rings. The van der Waals surface area contributed by atoms with Crippen LogP contribution >= 0.6 is 0 Å². The highest BCUT2D eigenvalue weighted by atomic mass is 16.5. The molecule has 1 atom stereocenters. The van der Waals surface area contributed by atoms with E-state index in [0.29, 0.717) is 25.6 Å². The quantitative estimate of drug-likeness (QED) is 0.685. The third kappa shape index (κ3) is 4.38. The Hall–Kier alpha value is -1.28. The second-order valence-corrected chi connectivity index (χ2v) is 4.91. The van der Waals surface area contributed by atoms with E-state index in [0.717, 1.165) is 25.3 Å². The van der Waals surface area contributed by atoms with Crippen LogP contribution in [-0.2, 0) is 16.0 Å². The number of morpholine rings is 1. The number of ether oxygens (including phenoxy) is 2. The molecule has 0 spiro atoms. The molecule has 1 aromatic heterocycles. The number of rotatable bonds is 6. The minimum Gasteiger partial charge on any atom is -0.383 e. The second-order valence-electron chi connectivity index (χ2n) is 4.91. The van der Waals surface area contributed by atoms with E-state index < -0.39 is 0 Å². The summed E-state index contributed by atoms with van der Waals surface area (Å²) in [5.74, 6) is 0.604. The van der Waals surface area contributed by atoms with Crippen LogP contribution in [-0.4, -0.2) is 61.9 Å². The van der Waals surface area contributed by atoms with Gasteiger partial charge in [0.15, 0.2) is 0 Å². The summed E-state index contributed by atoms with van der Waals surface area (Å²) in [5.41, 5.74) is 0.576. The summed E-state index contributed by atoms with van der Waals surface area (Å²) in [6, 6.07) is 1.51. The van der Waals surface area contributed by atoms with Crippen LogP contribution in [0.5, 0.6) is 0 Å². The van der Waals surface area contributed by atoms with Crippen molar-refractivity contribution in [1.82, 2.24) is 20.2 Å². The van der Waals surface area contributed by atoms with Gasteiger partial charge in [-0.2, -0.15) is 0 Å². The summed E-state index contributed by atoms with van der Waals surface area (Å²) in [7, 11) is 3.69. The number of nitrogens with zero attached hydrogens (tertiary/aromatic N) is 2. The van der Waals surface area contributed by atoms with Crippen molar-refractivity contribution in [3.63, 3.8) is 0 Å². The largest absolute Gasteiger partial charge is 0.383 e. The summed E-state index contributed by atoms with van der Waals surface area (Å²) in [4.78, 5) is 21.1. The van der Waals surface area contributed by atoms with Crippen molar-refractivity contribution in [3.05, 3.63) is 27.9 Å². The minimum atomic E-state index is -0.166. The number of hydrogen-bond donors (Lipinski definition) is 2. The molecule has 20 heavy (non-hydrogen) atoms. The lowest BCUT2D eigenvalue weighted by molar-refractivity contribution is -0.0257. The monoisotopic (exact) mass is 282 g/mol. The standard InChI is InChI=1S/C13H22N4O3/c1-17-4-6-20-11(9-17)13-15-10(7-12(18)16-13)8-14-3-5-19-2/h7,11,14H,3-6,8-9H2,1-2H3,(H,15,16,18). The van der Waals surface area contributed by atoms with Crippen molar-refractivity contribution in [2.24, 2.45) is 0 Å². The highest BCUT2D eigenvalue weighted by Gasteiger charge is 2.21. The molecule has 0 saturated carbocycles. The highest BCUT2D eigenvalue weighted by molar-refractivity contribution is 5.05. The third-order valence-corrected chi connectivity index (χ3v) is 3.18. The van der Waals surface area contributed by atoms with Gasteiger partial charge in [-0.05, 0) is 7.05 Å². The molecule has 112 valence electrons. The van der Waals surface area contributed by atoms with Gasteiger partial charge in [-0.15, -0.1) is 0 Å². The van der Waals surface area contributed by atoms with Gasteiger partial charge in [-0.3, -0.25) is 4.79 Å². The number of aromatic amines is 1. The molecule has 0 aromatic carbocycles. The molecule has 1 saturated heterocycles. The van der Waals surface area contributed by atoms with Crippen molar-refractivity contribution >= 4 is 0 Å². The lowest BCUT2D eigenvalue weighted by Crippen LogP contribution is -2.37. The van der Waals surface area contributed by atoms with Gasteiger partial charge >= 0.3 is 0 Å². The molecule has 2 heterocycles.